The first-order valence-corrected chi connectivity index (χ1v) is 13.1. The zero-order valence-corrected chi connectivity index (χ0v) is 22.0. The lowest BCUT2D eigenvalue weighted by Crippen LogP contribution is -2.32. The Labute approximate surface area is 220 Å². The monoisotopic (exact) mass is 512 g/mol. The minimum atomic E-state index is -0.120. The second-order valence-corrected chi connectivity index (χ2v) is 10.4. The van der Waals surface area contributed by atoms with Gasteiger partial charge in [-0.1, -0.05) is 30.7 Å². The number of aromatic nitrogens is 3. The molecular formula is C30H29ClN4O2. The molecule has 6 rings (SSSR count). The summed E-state index contributed by atoms with van der Waals surface area (Å²) in [5, 5.41) is 2.67. The van der Waals surface area contributed by atoms with Gasteiger partial charge in [0.2, 0.25) is 5.91 Å². The van der Waals surface area contributed by atoms with Gasteiger partial charge < -0.3 is 19.0 Å². The summed E-state index contributed by atoms with van der Waals surface area (Å²) in [7, 11) is 1.89. The highest BCUT2D eigenvalue weighted by Gasteiger charge is 2.34. The molecule has 1 fully saturated rings. The van der Waals surface area contributed by atoms with Crippen molar-refractivity contribution in [3.8, 4) is 11.1 Å². The molecule has 188 valence electrons. The van der Waals surface area contributed by atoms with Gasteiger partial charge in [0.15, 0.2) is 0 Å². The molecule has 1 N–H and O–H groups in total. The minimum absolute atomic E-state index is 0.120. The number of aryl methyl sites for hydroxylation is 2. The van der Waals surface area contributed by atoms with Gasteiger partial charge in [-0.2, -0.15) is 0 Å². The van der Waals surface area contributed by atoms with E-state index in [1.807, 2.05) is 47.8 Å². The van der Waals surface area contributed by atoms with E-state index in [4.69, 9.17) is 11.6 Å². The highest BCUT2D eigenvalue weighted by molar-refractivity contribution is 6.31. The molecule has 37 heavy (non-hydrogen) atoms. The summed E-state index contributed by atoms with van der Waals surface area (Å²) in [5.41, 5.74) is 6.63. The van der Waals surface area contributed by atoms with Crippen LogP contribution in [0, 0.1) is 6.92 Å². The molecule has 0 atom stereocenters. The summed E-state index contributed by atoms with van der Waals surface area (Å²) in [6, 6.07) is 14.5. The predicted molar refractivity (Wildman–Crippen MR) is 151 cm³/mol. The van der Waals surface area contributed by atoms with Crippen molar-refractivity contribution in [2.24, 2.45) is 7.05 Å². The fraction of sp³-hybridized carbons (Fsp3) is 0.267. The molecule has 0 bridgehead atoms. The van der Waals surface area contributed by atoms with Crippen LogP contribution in [0.2, 0.25) is 5.02 Å². The van der Waals surface area contributed by atoms with Gasteiger partial charge in [-0.15, -0.1) is 0 Å². The topological polar surface area (TPSA) is 63.0 Å². The molecule has 0 saturated heterocycles. The van der Waals surface area contributed by atoms with Crippen molar-refractivity contribution >= 4 is 45.0 Å². The Morgan fingerprint density at radius 2 is 1.97 bits per heavy atom. The number of halogens is 1. The second-order valence-electron chi connectivity index (χ2n) is 9.98. The second kappa shape index (κ2) is 8.96. The Hall–Kier alpha value is -3.77. The van der Waals surface area contributed by atoms with Gasteiger partial charge in [0, 0.05) is 66.0 Å². The minimum Gasteiger partial charge on any atom is -0.345 e. The molecule has 0 aliphatic heterocycles. The van der Waals surface area contributed by atoms with Crippen molar-refractivity contribution in [2.45, 2.75) is 45.7 Å². The van der Waals surface area contributed by atoms with Crippen LogP contribution in [0.1, 0.15) is 37.3 Å². The SMILES string of the molecule is CCC(=O)N(c1cc(-c2cn(C)c3c(=O)[nH]ccc23)cc2c1ccn2Cc1c(C)cccc1Cl)C1CC1. The first-order chi connectivity index (χ1) is 17.9. The number of aromatic amines is 1. The van der Waals surface area contributed by atoms with E-state index in [2.05, 4.69) is 46.9 Å². The average Bonchev–Trinajstić information content (AvgIpc) is 3.54. The van der Waals surface area contributed by atoms with Crippen molar-refractivity contribution in [3.05, 3.63) is 87.6 Å². The lowest BCUT2D eigenvalue weighted by molar-refractivity contribution is -0.118. The molecule has 1 amide bonds. The molecule has 0 radical (unpaired) electrons. The molecule has 1 saturated carbocycles. The summed E-state index contributed by atoms with van der Waals surface area (Å²) in [4.78, 5) is 30.6. The molecule has 1 aliphatic carbocycles. The van der Waals surface area contributed by atoms with E-state index in [9.17, 15) is 9.59 Å². The lowest BCUT2D eigenvalue weighted by Gasteiger charge is -2.24. The molecule has 3 heterocycles. The highest BCUT2D eigenvalue weighted by Crippen LogP contribution is 2.41. The van der Waals surface area contributed by atoms with Crippen molar-refractivity contribution in [1.29, 1.82) is 0 Å². The number of H-pyrrole nitrogens is 1. The fourth-order valence-corrected chi connectivity index (χ4v) is 5.72. The molecule has 7 heteroatoms. The number of amides is 1. The number of anilines is 1. The van der Waals surface area contributed by atoms with Crippen molar-refractivity contribution < 1.29 is 4.79 Å². The van der Waals surface area contributed by atoms with E-state index in [0.29, 0.717) is 18.5 Å². The van der Waals surface area contributed by atoms with Crippen molar-refractivity contribution in [1.82, 2.24) is 14.1 Å². The number of nitrogens with zero attached hydrogens (tertiary/aromatic N) is 3. The van der Waals surface area contributed by atoms with E-state index in [1.165, 1.54) is 0 Å². The Morgan fingerprint density at radius 3 is 2.70 bits per heavy atom. The number of hydrogen-bond acceptors (Lipinski definition) is 2. The number of rotatable bonds is 6. The third kappa shape index (κ3) is 3.96. The molecule has 1 aliphatic rings. The van der Waals surface area contributed by atoms with E-state index < -0.39 is 0 Å². The maximum atomic E-state index is 13.2. The Balaban J connectivity index is 1.61. The van der Waals surface area contributed by atoms with E-state index >= 15 is 0 Å². The van der Waals surface area contributed by atoms with E-state index in [1.54, 1.807) is 6.20 Å². The van der Waals surface area contributed by atoms with Crippen LogP contribution in [0.4, 0.5) is 5.69 Å². The number of carbonyl (C=O) groups is 1. The number of carbonyl (C=O) groups excluding carboxylic acids is 1. The smallest absolute Gasteiger partial charge is 0.272 e. The highest BCUT2D eigenvalue weighted by atomic mass is 35.5. The average molecular weight is 513 g/mol. The summed E-state index contributed by atoms with van der Waals surface area (Å²) in [6.45, 7) is 4.62. The molecule has 6 nitrogen and oxygen atoms in total. The Morgan fingerprint density at radius 1 is 1.16 bits per heavy atom. The first kappa shape index (κ1) is 23.6. The molecular weight excluding hydrogens is 484 g/mol. The van der Waals surface area contributed by atoms with Crippen LogP contribution in [0.5, 0.6) is 0 Å². The van der Waals surface area contributed by atoms with Gasteiger partial charge in [-0.3, -0.25) is 9.59 Å². The summed E-state index contributed by atoms with van der Waals surface area (Å²) >= 11 is 6.60. The van der Waals surface area contributed by atoms with Crippen LogP contribution < -0.4 is 10.5 Å². The van der Waals surface area contributed by atoms with Crippen LogP contribution in [0.3, 0.4) is 0 Å². The third-order valence-corrected chi connectivity index (χ3v) is 7.86. The number of fused-ring (bicyclic) bond motifs is 2. The summed E-state index contributed by atoms with van der Waals surface area (Å²) in [5.74, 6) is 0.130. The summed E-state index contributed by atoms with van der Waals surface area (Å²) < 4.78 is 4.07. The molecule has 5 aromatic rings. The number of pyridine rings is 1. The van der Waals surface area contributed by atoms with Gasteiger partial charge in [-0.25, -0.2) is 0 Å². The normalized spacial score (nSPS) is 13.5. The van der Waals surface area contributed by atoms with E-state index in [0.717, 1.165) is 62.1 Å². The molecule has 2 aromatic carbocycles. The Bertz CT molecular complexity index is 1720. The fourth-order valence-electron chi connectivity index (χ4n) is 5.44. The van der Waals surface area contributed by atoms with Gasteiger partial charge in [0.25, 0.3) is 5.56 Å². The molecule has 0 spiro atoms. The number of nitrogens with one attached hydrogen (secondary N) is 1. The first-order valence-electron chi connectivity index (χ1n) is 12.7. The zero-order chi connectivity index (χ0) is 25.8. The van der Waals surface area contributed by atoms with Crippen molar-refractivity contribution in [2.75, 3.05) is 4.90 Å². The van der Waals surface area contributed by atoms with Crippen LogP contribution in [0.25, 0.3) is 32.9 Å². The molecule has 0 unspecified atom stereocenters. The van der Waals surface area contributed by atoms with Crippen LogP contribution in [-0.4, -0.2) is 26.1 Å². The van der Waals surface area contributed by atoms with Crippen molar-refractivity contribution in [3.63, 3.8) is 0 Å². The maximum absolute atomic E-state index is 13.2. The van der Waals surface area contributed by atoms with Gasteiger partial charge >= 0.3 is 0 Å². The number of hydrogen-bond donors (Lipinski definition) is 1. The van der Waals surface area contributed by atoms with E-state index in [-0.39, 0.29) is 17.5 Å². The zero-order valence-electron chi connectivity index (χ0n) is 21.2. The van der Waals surface area contributed by atoms with Gasteiger partial charge in [0.05, 0.1) is 11.2 Å². The maximum Gasteiger partial charge on any atom is 0.272 e. The predicted octanol–water partition coefficient (Wildman–Crippen LogP) is 6.40. The largest absolute Gasteiger partial charge is 0.345 e. The molecule has 3 aromatic heterocycles. The standard InChI is InChI=1S/C30H29ClN4O2/c1-4-28(36)35(20-8-9-20)27-15-19(24-16-33(3)29-21(24)10-12-32-30(29)37)14-26-22(27)11-13-34(26)17-23-18(2)6-5-7-25(23)31/h5-7,10-16,20H,4,8-9,17H2,1-3H3,(H,32,37). The van der Waals surface area contributed by atoms with Crippen LogP contribution >= 0.6 is 11.6 Å². The number of benzene rings is 2. The van der Waals surface area contributed by atoms with Crippen LogP contribution in [-0.2, 0) is 18.4 Å². The van der Waals surface area contributed by atoms with Crippen LogP contribution in [0.15, 0.2) is 65.8 Å². The lowest BCUT2D eigenvalue weighted by atomic mass is 10.0. The third-order valence-electron chi connectivity index (χ3n) is 7.50. The quantitative estimate of drug-likeness (QED) is 0.286. The van der Waals surface area contributed by atoms with Gasteiger partial charge in [-0.05, 0) is 66.8 Å². The van der Waals surface area contributed by atoms with Gasteiger partial charge in [0.1, 0.15) is 5.52 Å². The Kier molecular flexibility index (Phi) is 5.72. The summed E-state index contributed by atoms with van der Waals surface area (Å²) in [6.07, 6.45) is 8.25.